The molecule has 5 heteroatoms. The Labute approximate surface area is 143 Å². The van der Waals surface area contributed by atoms with Gasteiger partial charge in [0.2, 0.25) is 0 Å². The SMILES string of the molecule is CCCCCCOC(COc1ccc(Cl)cc1)Cn1ccnc1. The lowest BCUT2D eigenvalue weighted by molar-refractivity contribution is 0.00811. The first-order chi connectivity index (χ1) is 11.3. The van der Waals surface area contributed by atoms with Gasteiger partial charge in [-0.2, -0.15) is 0 Å². The lowest BCUT2D eigenvalue weighted by Crippen LogP contribution is -2.27. The topological polar surface area (TPSA) is 36.3 Å². The van der Waals surface area contributed by atoms with Gasteiger partial charge in [0.15, 0.2) is 0 Å². The molecule has 1 atom stereocenters. The second-order valence-electron chi connectivity index (χ2n) is 5.58. The minimum Gasteiger partial charge on any atom is -0.491 e. The highest BCUT2D eigenvalue weighted by atomic mass is 35.5. The number of benzene rings is 1. The molecule has 0 aliphatic rings. The van der Waals surface area contributed by atoms with Gasteiger partial charge in [-0.05, 0) is 30.7 Å². The predicted molar refractivity (Wildman–Crippen MR) is 93.1 cm³/mol. The highest BCUT2D eigenvalue weighted by Crippen LogP contribution is 2.16. The molecule has 2 aromatic rings. The van der Waals surface area contributed by atoms with Crippen LogP contribution in [0.25, 0.3) is 0 Å². The van der Waals surface area contributed by atoms with E-state index < -0.39 is 0 Å². The van der Waals surface area contributed by atoms with Crippen molar-refractivity contribution < 1.29 is 9.47 Å². The zero-order valence-corrected chi connectivity index (χ0v) is 14.4. The summed E-state index contributed by atoms with van der Waals surface area (Å²) in [7, 11) is 0. The van der Waals surface area contributed by atoms with E-state index >= 15 is 0 Å². The molecular formula is C18H25ClN2O2. The number of imidazole rings is 1. The average molecular weight is 337 g/mol. The molecule has 0 saturated carbocycles. The van der Waals surface area contributed by atoms with Crippen molar-refractivity contribution in [3.63, 3.8) is 0 Å². The molecule has 0 bridgehead atoms. The summed E-state index contributed by atoms with van der Waals surface area (Å²) in [4.78, 5) is 4.08. The Hall–Kier alpha value is -1.52. The molecule has 0 amide bonds. The third kappa shape index (κ3) is 7.06. The van der Waals surface area contributed by atoms with Crippen molar-refractivity contribution in [2.24, 2.45) is 0 Å². The summed E-state index contributed by atoms with van der Waals surface area (Å²) in [6.45, 7) is 4.22. The van der Waals surface area contributed by atoms with Crippen LogP contribution < -0.4 is 4.74 Å². The first-order valence-corrected chi connectivity index (χ1v) is 8.61. The summed E-state index contributed by atoms with van der Waals surface area (Å²) in [5, 5.41) is 0.708. The Morgan fingerprint density at radius 1 is 1.17 bits per heavy atom. The van der Waals surface area contributed by atoms with Gasteiger partial charge < -0.3 is 14.0 Å². The van der Waals surface area contributed by atoms with E-state index in [9.17, 15) is 0 Å². The first-order valence-electron chi connectivity index (χ1n) is 8.23. The maximum Gasteiger partial charge on any atom is 0.119 e. The summed E-state index contributed by atoms with van der Waals surface area (Å²) in [5.74, 6) is 0.805. The minimum atomic E-state index is 0.00139. The largest absolute Gasteiger partial charge is 0.491 e. The van der Waals surface area contributed by atoms with E-state index in [2.05, 4.69) is 11.9 Å². The summed E-state index contributed by atoms with van der Waals surface area (Å²) in [5.41, 5.74) is 0. The Kier molecular flexibility index (Phi) is 7.98. The van der Waals surface area contributed by atoms with E-state index in [1.807, 2.05) is 35.0 Å². The number of aromatic nitrogens is 2. The molecule has 0 spiro atoms. The molecule has 0 aliphatic heterocycles. The van der Waals surface area contributed by atoms with Crippen LogP contribution in [-0.4, -0.2) is 28.9 Å². The van der Waals surface area contributed by atoms with Crippen molar-refractivity contribution in [2.45, 2.75) is 45.3 Å². The number of rotatable bonds is 11. The van der Waals surface area contributed by atoms with Crippen molar-refractivity contribution in [2.75, 3.05) is 13.2 Å². The fraction of sp³-hybridized carbons (Fsp3) is 0.500. The van der Waals surface area contributed by atoms with Crippen LogP contribution in [0.2, 0.25) is 5.02 Å². The third-order valence-corrected chi connectivity index (χ3v) is 3.83. The highest BCUT2D eigenvalue weighted by molar-refractivity contribution is 6.30. The van der Waals surface area contributed by atoms with Crippen LogP contribution in [0.1, 0.15) is 32.6 Å². The van der Waals surface area contributed by atoms with Gasteiger partial charge in [-0.1, -0.05) is 37.8 Å². The highest BCUT2D eigenvalue weighted by Gasteiger charge is 2.11. The van der Waals surface area contributed by atoms with E-state index in [0.717, 1.165) is 25.3 Å². The molecule has 1 heterocycles. The smallest absolute Gasteiger partial charge is 0.119 e. The Morgan fingerprint density at radius 2 is 2.00 bits per heavy atom. The maximum absolute atomic E-state index is 6.01. The Morgan fingerprint density at radius 3 is 2.70 bits per heavy atom. The number of hydrogen-bond acceptors (Lipinski definition) is 3. The van der Waals surface area contributed by atoms with Gasteiger partial charge in [-0.3, -0.25) is 0 Å². The van der Waals surface area contributed by atoms with Crippen LogP contribution in [0, 0.1) is 0 Å². The van der Waals surface area contributed by atoms with E-state index in [4.69, 9.17) is 21.1 Å². The molecule has 0 N–H and O–H groups in total. The lowest BCUT2D eigenvalue weighted by Gasteiger charge is -2.19. The zero-order valence-electron chi connectivity index (χ0n) is 13.7. The fourth-order valence-corrected chi connectivity index (χ4v) is 2.41. The van der Waals surface area contributed by atoms with Gasteiger partial charge in [-0.15, -0.1) is 0 Å². The molecule has 4 nitrogen and oxygen atoms in total. The van der Waals surface area contributed by atoms with Crippen LogP contribution in [0.3, 0.4) is 0 Å². The zero-order chi connectivity index (χ0) is 16.3. The summed E-state index contributed by atoms with van der Waals surface area (Å²) in [6, 6.07) is 7.40. The molecule has 0 aliphatic carbocycles. The minimum absolute atomic E-state index is 0.00139. The Balaban J connectivity index is 1.80. The monoisotopic (exact) mass is 336 g/mol. The summed E-state index contributed by atoms with van der Waals surface area (Å²) in [6.07, 6.45) is 10.3. The molecule has 1 aromatic heterocycles. The van der Waals surface area contributed by atoms with Crippen molar-refractivity contribution >= 4 is 11.6 Å². The number of nitrogens with zero attached hydrogens (tertiary/aromatic N) is 2. The van der Waals surface area contributed by atoms with Gasteiger partial charge in [-0.25, -0.2) is 4.98 Å². The van der Waals surface area contributed by atoms with Crippen LogP contribution in [0.5, 0.6) is 5.75 Å². The number of halogens is 1. The van der Waals surface area contributed by atoms with E-state index in [0.29, 0.717) is 11.6 Å². The molecule has 0 radical (unpaired) electrons. The summed E-state index contributed by atoms with van der Waals surface area (Å²) >= 11 is 5.89. The maximum atomic E-state index is 6.01. The molecule has 2 rings (SSSR count). The third-order valence-electron chi connectivity index (χ3n) is 3.57. The van der Waals surface area contributed by atoms with Crippen molar-refractivity contribution in [1.29, 1.82) is 0 Å². The quantitative estimate of drug-likeness (QED) is 0.563. The average Bonchev–Trinajstić information content (AvgIpc) is 3.06. The van der Waals surface area contributed by atoms with Gasteiger partial charge in [0.25, 0.3) is 0 Å². The van der Waals surface area contributed by atoms with Crippen molar-refractivity contribution in [1.82, 2.24) is 9.55 Å². The standard InChI is InChI=1S/C18H25ClN2O2/c1-2-3-4-5-12-22-18(13-21-11-10-20-15-21)14-23-17-8-6-16(19)7-9-17/h6-11,15,18H,2-5,12-14H2,1H3. The molecular weight excluding hydrogens is 312 g/mol. The van der Waals surface area contributed by atoms with Crippen LogP contribution >= 0.6 is 11.6 Å². The van der Waals surface area contributed by atoms with E-state index in [1.165, 1.54) is 19.3 Å². The number of unbranched alkanes of at least 4 members (excludes halogenated alkanes) is 3. The first kappa shape index (κ1) is 17.8. The molecule has 126 valence electrons. The number of ether oxygens (including phenoxy) is 2. The summed E-state index contributed by atoms with van der Waals surface area (Å²) < 4.78 is 13.9. The van der Waals surface area contributed by atoms with Gasteiger partial charge >= 0.3 is 0 Å². The van der Waals surface area contributed by atoms with Gasteiger partial charge in [0, 0.05) is 24.0 Å². The molecule has 0 fully saturated rings. The predicted octanol–water partition coefficient (Wildman–Crippen LogP) is 4.58. The van der Waals surface area contributed by atoms with Crippen LogP contribution in [0.4, 0.5) is 0 Å². The van der Waals surface area contributed by atoms with Gasteiger partial charge in [0.1, 0.15) is 18.5 Å². The molecule has 1 unspecified atom stereocenters. The second kappa shape index (κ2) is 10.3. The van der Waals surface area contributed by atoms with E-state index in [1.54, 1.807) is 12.5 Å². The van der Waals surface area contributed by atoms with Crippen LogP contribution in [-0.2, 0) is 11.3 Å². The molecule has 0 saturated heterocycles. The van der Waals surface area contributed by atoms with E-state index in [-0.39, 0.29) is 6.10 Å². The van der Waals surface area contributed by atoms with Crippen molar-refractivity contribution in [3.8, 4) is 5.75 Å². The lowest BCUT2D eigenvalue weighted by atomic mass is 10.2. The molecule has 23 heavy (non-hydrogen) atoms. The fourth-order valence-electron chi connectivity index (χ4n) is 2.28. The van der Waals surface area contributed by atoms with Crippen molar-refractivity contribution in [3.05, 3.63) is 48.0 Å². The number of hydrogen-bond donors (Lipinski definition) is 0. The van der Waals surface area contributed by atoms with Gasteiger partial charge in [0.05, 0.1) is 12.9 Å². The Bertz CT molecular complexity index is 528. The normalized spacial score (nSPS) is 12.3. The van der Waals surface area contributed by atoms with Crippen LogP contribution in [0.15, 0.2) is 43.0 Å². The molecule has 1 aromatic carbocycles. The second-order valence-corrected chi connectivity index (χ2v) is 6.01.